The predicted octanol–water partition coefficient (Wildman–Crippen LogP) is 4.06. The van der Waals surface area contributed by atoms with Crippen LogP contribution in [0.4, 0.5) is 4.79 Å². The summed E-state index contributed by atoms with van der Waals surface area (Å²) in [5.74, 6) is -1.68. The Kier molecular flexibility index (Phi) is 7.87. The first kappa shape index (κ1) is 23.3. The van der Waals surface area contributed by atoms with Gasteiger partial charge in [-0.15, -0.1) is 0 Å². The maximum atomic E-state index is 12.6. The lowest BCUT2D eigenvalue weighted by atomic mass is 9.98. The van der Waals surface area contributed by atoms with Gasteiger partial charge in [0.25, 0.3) is 0 Å². The van der Waals surface area contributed by atoms with Gasteiger partial charge in [0.15, 0.2) is 0 Å². The molecule has 0 fully saturated rings. The first-order chi connectivity index (χ1) is 15.5. The van der Waals surface area contributed by atoms with E-state index in [2.05, 4.69) is 22.8 Å². The Hall–Kier alpha value is -3.35. The van der Waals surface area contributed by atoms with Crippen molar-refractivity contribution in [1.82, 2.24) is 10.6 Å². The molecular formula is C25H30N2O5. The molecular weight excluding hydrogens is 408 g/mol. The zero-order valence-electron chi connectivity index (χ0n) is 18.5. The standard InChI is InChI=1S/C25H30N2O5/c1-3-9-21(23(28)26-22(10-4-2)24(29)30)27-25(31)32-15-20-18-13-7-5-11-16(18)17-12-6-8-14-19(17)20/h5-8,11-14,20-22H,3-4,9-10,15H2,1-2H3,(H,26,28)(H,27,31)(H,29,30)/t21-,22?/m1/s1. The highest BCUT2D eigenvalue weighted by Gasteiger charge is 2.30. The number of amides is 2. The summed E-state index contributed by atoms with van der Waals surface area (Å²) in [5.41, 5.74) is 4.48. The molecule has 2 aromatic carbocycles. The zero-order chi connectivity index (χ0) is 23.1. The van der Waals surface area contributed by atoms with Crippen LogP contribution in [-0.2, 0) is 14.3 Å². The molecule has 3 N–H and O–H groups in total. The van der Waals surface area contributed by atoms with Gasteiger partial charge in [0.05, 0.1) is 0 Å². The largest absolute Gasteiger partial charge is 0.480 e. The number of carboxylic acid groups (broad SMARTS) is 1. The van der Waals surface area contributed by atoms with Gasteiger partial charge in [0.2, 0.25) is 5.91 Å². The summed E-state index contributed by atoms with van der Waals surface area (Å²) in [7, 11) is 0. The molecule has 170 valence electrons. The molecule has 0 bridgehead atoms. The molecule has 0 heterocycles. The van der Waals surface area contributed by atoms with Crippen molar-refractivity contribution in [3.63, 3.8) is 0 Å². The first-order valence-electron chi connectivity index (χ1n) is 11.1. The van der Waals surface area contributed by atoms with E-state index in [0.717, 1.165) is 22.3 Å². The fraction of sp³-hybridized carbons (Fsp3) is 0.400. The summed E-state index contributed by atoms with van der Waals surface area (Å²) in [6, 6.07) is 14.3. The molecule has 2 aromatic rings. The number of alkyl carbamates (subject to hydrolysis) is 1. The highest BCUT2D eigenvalue weighted by Crippen LogP contribution is 2.44. The SMILES string of the molecule is CCCC(NC(=O)[C@@H](CCC)NC(=O)OCC1c2ccccc2-c2ccccc21)C(=O)O. The molecule has 32 heavy (non-hydrogen) atoms. The number of rotatable bonds is 10. The van der Waals surface area contributed by atoms with Gasteiger partial charge in [-0.25, -0.2) is 9.59 Å². The van der Waals surface area contributed by atoms with Crippen LogP contribution in [0.3, 0.4) is 0 Å². The fourth-order valence-electron chi connectivity index (χ4n) is 4.16. The molecule has 7 nitrogen and oxygen atoms in total. The number of carbonyl (C=O) groups is 3. The maximum Gasteiger partial charge on any atom is 0.407 e. The Labute approximate surface area is 188 Å². The van der Waals surface area contributed by atoms with E-state index in [1.165, 1.54) is 0 Å². The number of benzene rings is 2. The Morgan fingerprint density at radius 1 is 0.875 bits per heavy atom. The average Bonchev–Trinajstić information content (AvgIpc) is 3.10. The van der Waals surface area contributed by atoms with Crippen LogP contribution in [-0.4, -0.2) is 41.8 Å². The summed E-state index contributed by atoms with van der Waals surface area (Å²) in [5, 5.41) is 14.4. The molecule has 1 unspecified atom stereocenters. The molecule has 0 saturated carbocycles. The summed E-state index contributed by atoms with van der Waals surface area (Å²) in [4.78, 5) is 36.5. The predicted molar refractivity (Wildman–Crippen MR) is 121 cm³/mol. The monoisotopic (exact) mass is 438 g/mol. The summed E-state index contributed by atoms with van der Waals surface area (Å²) in [6.45, 7) is 3.88. The molecule has 3 rings (SSSR count). The molecule has 1 aliphatic rings. The van der Waals surface area contributed by atoms with Crippen molar-refractivity contribution in [1.29, 1.82) is 0 Å². The smallest absolute Gasteiger partial charge is 0.407 e. The lowest BCUT2D eigenvalue weighted by molar-refractivity contribution is -0.142. The maximum absolute atomic E-state index is 12.6. The molecule has 0 saturated heterocycles. The van der Waals surface area contributed by atoms with Crippen molar-refractivity contribution in [3.8, 4) is 11.1 Å². The number of ether oxygens (including phenoxy) is 1. The minimum Gasteiger partial charge on any atom is -0.480 e. The van der Waals surface area contributed by atoms with Gasteiger partial charge >= 0.3 is 12.1 Å². The third-order valence-electron chi connectivity index (χ3n) is 5.72. The number of carbonyl (C=O) groups excluding carboxylic acids is 2. The minimum atomic E-state index is -1.09. The number of hydrogen-bond acceptors (Lipinski definition) is 4. The third kappa shape index (κ3) is 5.28. The van der Waals surface area contributed by atoms with E-state index >= 15 is 0 Å². The molecule has 2 amide bonds. The molecule has 0 aliphatic heterocycles. The Bertz CT molecular complexity index is 929. The van der Waals surface area contributed by atoms with Gasteiger partial charge in [-0.05, 0) is 35.1 Å². The van der Waals surface area contributed by atoms with E-state index in [1.807, 2.05) is 50.2 Å². The lowest BCUT2D eigenvalue weighted by Crippen LogP contribution is -2.51. The van der Waals surface area contributed by atoms with E-state index in [1.54, 1.807) is 0 Å². The van der Waals surface area contributed by atoms with E-state index in [0.29, 0.717) is 25.7 Å². The molecule has 0 radical (unpaired) electrons. The second-order valence-corrected chi connectivity index (χ2v) is 8.00. The first-order valence-corrected chi connectivity index (χ1v) is 11.1. The zero-order valence-corrected chi connectivity index (χ0v) is 18.5. The summed E-state index contributed by atoms with van der Waals surface area (Å²) >= 11 is 0. The van der Waals surface area contributed by atoms with Crippen LogP contribution >= 0.6 is 0 Å². The van der Waals surface area contributed by atoms with Crippen LogP contribution in [0.1, 0.15) is 56.6 Å². The normalized spacial score (nSPS) is 14.1. The van der Waals surface area contributed by atoms with Gasteiger partial charge < -0.3 is 20.5 Å². The molecule has 0 spiro atoms. The number of hydrogen-bond donors (Lipinski definition) is 3. The van der Waals surface area contributed by atoms with Crippen molar-refractivity contribution in [2.75, 3.05) is 6.61 Å². The topological polar surface area (TPSA) is 105 Å². The lowest BCUT2D eigenvalue weighted by Gasteiger charge is -2.21. The van der Waals surface area contributed by atoms with Gasteiger partial charge in [-0.2, -0.15) is 0 Å². The van der Waals surface area contributed by atoms with Crippen LogP contribution < -0.4 is 10.6 Å². The Morgan fingerprint density at radius 3 is 1.94 bits per heavy atom. The van der Waals surface area contributed by atoms with Gasteiger partial charge in [-0.1, -0.05) is 75.2 Å². The van der Waals surface area contributed by atoms with E-state index < -0.39 is 30.1 Å². The van der Waals surface area contributed by atoms with Crippen molar-refractivity contribution < 1.29 is 24.2 Å². The average molecular weight is 439 g/mol. The molecule has 2 atom stereocenters. The molecule has 0 aromatic heterocycles. The van der Waals surface area contributed by atoms with E-state index in [4.69, 9.17) is 4.74 Å². The minimum absolute atomic E-state index is 0.0763. The summed E-state index contributed by atoms with van der Waals surface area (Å²) < 4.78 is 5.52. The van der Waals surface area contributed by atoms with Crippen LogP contribution in [0.2, 0.25) is 0 Å². The fourth-order valence-corrected chi connectivity index (χ4v) is 4.16. The van der Waals surface area contributed by atoms with Crippen molar-refractivity contribution in [2.24, 2.45) is 0 Å². The highest BCUT2D eigenvalue weighted by molar-refractivity contribution is 5.89. The third-order valence-corrected chi connectivity index (χ3v) is 5.72. The Morgan fingerprint density at radius 2 is 1.41 bits per heavy atom. The number of aliphatic carboxylic acids is 1. The highest BCUT2D eigenvalue weighted by atomic mass is 16.5. The second kappa shape index (κ2) is 10.8. The quantitative estimate of drug-likeness (QED) is 0.519. The number of nitrogens with one attached hydrogen (secondary N) is 2. The van der Waals surface area contributed by atoms with Gasteiger partial charge in [0, 0.05) is 5.92 Å². The van der Waals surface area contributed by atoms with Crippen LogP contribution in [0.25, 0.3) is 11.1 Å². The van der Waals surface area contributed by atoms with Gasteiger partial charge in [-0.3, -0.25) is 4.79 Å². The molecule has 1 aliphatic carbocycles. The Balaban J connectivity index is 1.64. The summed E-state index contributed by atoms with van der Waals surface area (Å²) in [6.07, 6.45) is 1.28. The van der Waals surface area contributed by atoms with Gasteiger partial charge in [0.1, 0.15) is 18.7 Å². The van der Waals surface area contributed by atoms with E-state index in [9.17, 15) is 19.5 Å². The molecule has 7 heteroatoms. The van der Waals surface area contributed by atoms with Crippen molar-refractivity contribution in [3.05, 3.63) is 59.7 Å². The van der Waals surface area contributed by atoms with Crippen LogP contribution in [0.5, 0.6) is 0 Å². The van der Waals surface area contributed by atoms with Crippen LogP contribution in [0, 0.1) is 0 Å². The van der Waals surface area contributed by atoms with Crippen molar-refractivity contribution in [2.45, 2.75) is 57.5 Å². The number of fused-ring (bicyclic) bond motifs is 3. The van der Waals surface area contributed by atoms with Crippen molar-refractivity contribution >= 4 is 18.0 Å². The van der Waals surface area contributed by atoms with E-state index in [-0.39, 0.29) is 12.5 Å². The van der Waals surface area contributed by atoms with Crippen LogP contribution in [0.15, 0.2) is 48.5 Å². The second-order valence-electron chi connectivity index (χ2n) is 8.00. The number of carboxylic acids is 1.